The lowest BCUT2D eigenvalue weighted by Crippen LogP contribution is -2.23. The molecule has 8 heteroatoms. The first kappa shape index (κ1) is 16.6. The zero-order chi connectivity index (χ0) is 18.8. The molecule has 7 nitrogen and oxygen atoms in total. The van der Waals surface area contributed by atoms with Crippen LogP contribution < -0.4 is 15.6 Å². The minimum Gasteiger partial charge on any atom is -0.495 e. The van der Waals surface area contributed by atoms with Crippen molar-refractivity contribution in [3.8, 4) is 11.4 Å². The zero-order valence-electron chi connectivity index (χ0n) is 14.3. The molecular weight excluding hydrogens is 349 g/mol. The van der Waals surface area contributed by atoms with Gasteiger partial charge in [-0.05, 0) is 30.3 Å². The lowest BCUT2D eigenvalue weighted by atomic mass is 10.2. The zero-order valence-corrected chi connectivity index (χ0v) is 14.3. The van der Waals surface area contributed by atoms with Crippen LogP contribution in [0.15, 0.2) is 66.0 Å². The second-order valence-electron chi connectivity index (χ2n) is 5.69. The molecule has 0 fully saturated rings. The summed E-state index contributed by atoms with van der Waals surface area (Å²) in [6.07, 6.45) is 6.28. The molecule has 4 aromatic rings. The van der Waals surface area contributed by atoms with Crippen molar-refractivity contribution in [2.75, 3.05) is 12.4 Å². The Kier molecular flexibility index (Phi) is 4.21. The number of rotatable bonds is 4. The van der Waals surface area contributed by atoms with Crippen LogP contribution in [0.3, 0.4) is 0 Å². The van der Waals surface area contributed by atoms with Crippen LogP contribution >= 0.6 is 0 Å². The SMILES string of the molecule is COc1cncc(-n2c(Nc3cccnc3)nc3ccc(F)cc3c2=O)c1. The van der Waals surface area contributed by atoms with Crippen molar-refractivity contribution in [3.63, 3.8) is 0 Å². The molecule has 0 saturated heterocycles. The van der Waals surface area contributed by atoms with E-state index in [1.165, 1.54) is 42.3 Å². The van der Waals surface area contributed by atoms with E-state index in [0.717, 1.165) is 0 Å². The molecule has 4 rings (SSSR count). The molecule has 0 saturated carbocycles. The van der Waals surface area contributed by atoms with Gasteiger partial charge in [-0.2, -0.15) is 0 Å². The number of halogens is 1. The van der Waals surface area contributed by atoms with E-state index >= 15 is 0 Å². The van der Waals surface area contributed by atoms with Gasteiger partial charge < -0.3 is 10.1 Å². The molecule has 0 amide bonds. The fourth-order valence-corrected chi connectivity index (χ4v) is 2.69. The monoisotopic (exact) mass is 363 g/mol. The van der Waals surface area contributed by atoms with Crippen LogP contribution in [0.1, 0.15) is 0 Å². The first-order valence-corrected chi connectivity index (χ1v) is 8.04. The maximum absolute atomic E-state index is 13.7. The summed E-state index contributed by atoms with van der Waals surface area (Å²) < 4.78 is 20.2. The second kappa shape index (κ2) is 6.83. The molecule has 0 radical (unpaired) electrons. The van der Waals surface area contributed by atoms with Crippen LogP contribution in [0.2, 0.25) is 0 Å². The number of methoxy groups -OCH3 is 1. The van der Waals surface area contributed by atoms with Crippen LogP contribution in [0.5, 0.6) is 5.75 Å². The van der Waals surface area contributed by atoms with Gasteiger partial charge in [0.25, 0.3) is 5.56 Å². The largest absolute Gasteiger partial charge is 0.495 e. The van der Waals surface area contributed by atoms with Crippen LogP contribution in [-0.2, 0) is 0 Å². The smallest absolute Gasteiger partial charge is 0.267 e. The number of anilines is 2. The minimum atomic E-state index is -0.510. The third-order valence-corrected chi connectivity index (χ3v) is 3.94. The lowest BCUT2D eigenvalue weighted by Gasteiger charge is -2.15. The van der Waals surface area contributed by atoms with Crippen molar-refractivity contribution in [1.82, 2.24) is 19.5 Å². The summed E-state index contributed by atoms with van der Waals surface area (Å²) in [6, 6.07) is 9.10. The number of fused-ring (bicyclic) bond motifs is 1. The summed E-state index contributed by atoms with van der Waals surface area (Å²) in [4.78, 5) is 25.8. The number of hydrogen-bond donors (Lipinski definition) is 1. The predicted molar refractivity (Wildman–Crippen MR) is 99.2 cm³/mol. The topological polar surface area (TPSA) is 81.9 Å². The standard InChI is InChI=1S/C19H14FN5O2/c1-27-15-8-14(10-22-11-15)25-18(26)16-7-12(20)4-5-17(16)24-19(25)23-13-3-2-6-21-9-13/h2-11H,1H3,(H,23,24). The summed E-state index contributed by atoms with van der Waals surface area (Å²) in [5.74, 6) is 0.220. The lowest BCUT2D eigenvalue weighted by molar-refractivity contribution is 0.412. The summed E-state index contributed by atoms with van der Waals surface area (Å²) in [7, 11) is 1.51. The fourth-order valence-electron chi connectivity index (χ4n) is 2.69. The van der Waals surface area contributed by atoms with Crippen molar-refractivity contribution in [2.45, 2.75) is 0 Å². The third-order valence-electron chi connectivity index (χ3n) is 3.94. The van der Waals surface area contributed by atoms with E-state index in [4.69, 9.17) is 4.74 Å². The number of hydrogen-bond acceptors (Lipinski definition) is 6. The highest BCUT2D eigenvalue weighted by Gasteiger charge is 2.15. The first-order valence-electron chi connectivity index (χ1n) is 8.04. The van der Waals surface area contributed by atoms with Gasteiger partial charge in [-0.1, -0.05) is 0 Å². The Balaban J connectivity index is 1.99. The second-order valence-corrected chi connectivity index (χ2v) is 5.69. The molecule has 3 heterocycles. The van der Waals surface area contributed by atoms with Crippen molar-refractivity contribution in [3.05, 3.63) is 77.4 Å². The Bertz CT molecular complexity index is 1180. The van der Waals surface area contributed by atoms with Crippen molar-refractivity contribution >= 4 is 22.5 Å². The maximum Gasteiger partial charge on any atom is 0.267 e. The van der Waals surface area contributed by atoms with Gasteiger partial charge in [-0.3, -0.25) is 14.8 Å². The molecular formula is C19H14FN5O2. The Morgan fingerprint density at radius 1 is 1.11 bits per heavy atom. The fraction of sp³-hybridized carbons (Fsp3) is 0.0526. The Morgan fingerprint density at radius 3 is 2.78 bits per heavy atom. The number of benzene rings is 1. The molecule has 0 atom stereocenters. The van der Waals surface area contributed by atoms with Crippen molar-refractivity contribution < 1.29 is 9.13 Å². The van der Waals surface area contributed by atoms with Crippen molar-refractivity contribution in [2.24, 2.45) is 0 Å². The van der Waals surface area contributed by atoms with E-state index in [1.54, 1.807) is 30.6 Å². The molecule has 0 bridgehead atoms. The van der Waals surface area contributed by atoms with Gasteiger partial charge in [0.2, 0.25) is 5.95 Å². The number of nitrogens with one attached hydrogen (secondary N) is 1. The van der Waals surface area contributed by atoms with Crippen molar-refractivity contribution in [1.29, 1.82) is 0 Å². The molecule has 0 aliphatic rings. The van der Waals surface area contributed by atoms with E-state index in [-0.39, 0.29) is 11.3 Å². The van der Waals surface area contributed by atoms with E-state index in [1.807, 2.05) is 0 Å². The highest BCUT2D eigenvalue weighted by molar-refractivity contribution is 5.80. The molecule has 0 aliphatic heterocycles. The van der Waals surface area contributed by atoms with Gasteiger partial charge in [-0.15, -0.1) is 0 Å². The summed E-state index contributed by atoms with van der Waals surface area (Å²) in [6.45, 7) is 0. The van der Waals surface area contributed by atoms with Gasteiger partial charge in [0.1, 0.15) is 11.6 Å². The highest BCUT2D eigenvalue weighted by Crippen LogP contribution is 2.21. The van der Waals surface area contributed by atoms with Gasteiger partial charge in [0.15, 0.2) is 0 Å². The maximum atomic E-state index is 13.7. The predicted octanol–water partition coefficient (Wildman–Crippen LogP) is 3.07. The van der Waals surface area contributed by atoms with Gasteiger partial charge >= 0.3 is 0 Å². The Morgan fingerprint density at radius 2 is 2.00 bits per heavy atom. The molecule has 3 aromatic heterocycles. The van der Waals surface area contributed by atoms with E-state index in [0.29, 0.717) is 22.6 Å². The molecule has 27 heavy (non-hydrogen) atoms. The van der Waals surface area contributed by atoms with Crippen LogP contribution in [0, 0.1) is 5.82 Å². The highest BCUT2D eigenvalue weighted by atomic mass is 19.1. The number of aromatic nitrogens is 4. The number of pyridine rings is 2. The first-order chi connectivity index (χ1) is 13.2. The average molecular weight is 363 g/mol. The van der Waals surface area contributed by atoms with Gasteiger partial charge in [0, 0.05) is 12.3 Å². The summed E-state index contributed by atoms with van der Waals surface area (Å²) in [5, 5.41) is 3.24. The Labute approximate surface area is 153 Å². The van der Waals surface area contributed by atoms with E-state index < -0.39 is 11.4 Å². The third kappa shape index (κ3) is 3.20. The minimum absolute atomic E-state index is 0.162. The molecule has 0 aliphatic carbocycles. The van der Waals surface area contributed by atoms with Gasteiger partial charge in [0.05, 0.1) is 48.0 Å². The number of nitrogens with zero attached hydrogens (tertiary/aromatic N) is 4. The molecule has 0 unspecified atom stereocenters. The van der Waals surface area contributed by atoms with Gasteiger partial charge in [-0.25, -0.2) is 13.9 Å². The van der Waals surface area contributed by atoms with E-state index in [9.17, 15) is 9.18 Å². The van der Waals surface area contributed by atoms with Crippen LogP contribution in [0.4, 0.5) is 16.0 Å². The van der Waals surface area contributed by atoms with E-state index in [2.05, 4.69) is 20.3 Å². The Hall–Kier alpha value is -3.81. The summed E-state index contributed by atoms with van der Waals surface area (Å²) >= 11 is 0. The van der Waals surface area contributed by atoms with Crippen LogP contribution in [-0.4, -0.2) is 26.6 Å². The molecule has 0 spiro atoms. The normalized spacial score (nSPS) is 10.7. The number of ether oxygens (including phenoxy) is 1. The molecule has 1 aromatic carbocycles. The quantitative estimate of drug-likeness (QED) is 0.600. The average Bonchev–Trinajstić information content (AvgIpc) is 2.70. The summed E-state index contributed by atoms with van der Waals surface area (Å²) in [5.41, 5.74) is 1.03. The molecule has 1 N–H and O–H groups in total. The molecule has 134 valence electrons. The van der Waals surface area contributed by atoms with Crippen LogP contribution in [0.25, 0.3) is 16.6 Å².